The third-order valence-corrected chi connectivity index (χ3v) is 3.02. The van der Waals surface area contributed by atoms with Gasteiger partial charge in [0.1, 0.15) is 6.04 Å². The minimum absolute atomic E-state index is 0.296. The zero-order valence-electron chi connectivity index (χ0n) is 9.57. The van der Waals surface area contributed by atoms with E-state index in [9.17, 15) is 4.79 Å². The van der Waals surface area contributed by atoms with E-state index in [0.29, 0.717) is 5.92 Å². The number of rotatable bonds is 5. The van der Waals surface area contributed by atoms with Crippen molar-refractivity contribution in [1.29, 1.82) is 0 Å². The molecule has 0 bridgehead atoms. The lowest BCUT2D eigenvalue weighted by Crippen LogP contribution is -2.34. The van der Waals surface area contributed by atoms with Crippen molar-refractivity contribution in [3.63, 3.8) is 0 Å². The Bertz CT molecular complexity index is 385. The van der Waals surface area contributed by atoms with E-state index in [1.165, 1.54) is 18.4 Å². The topological polar surface area (TPSA) is 55.1 Å². The number of amides is 1. The molecule has 1 saturated carbocycles. The first-order valence-electron chi connectivity index (χ1n) is 5.85. The molecular weight excluding hydrogens is 200 g/mol. The molecule has 0 radical (unpaired) electrons. The van der Waals surface area contributed by atoms with Gasteiger partial charge in [-0.05, 0) is 36.4 Å². The fourth-order valence-corrected chi connectivity index (χ4v) is 2.11. The molecule has 1 aliphatic carbocycles. The highest BCUT2D eigenvalue weighted by molar-refractivity contribution is 5.82. The van der Waals surface area contributed by atoms with Gasteiger partial charge < -0.3 is 11.1 Å². The molecule has 1 aromatic rings. The molecule has 0 spiro atoms. The SMILES string of the molecule is CCNC(C(N)=O)c1ccccc1C1CC1. The molecule has 1 unspecified atom stereocenters. The van der Waals surface area contributed by atoms with Gasteiger partial charge in [0.25, 0.3) is 0 Å². The summed E-state index contributed by atoms with van der Waals surface area (Å²) in [5.74, 6) is 0.339. The quantitative estimate of drug-likeness (QED) is 0.790. The Hall–Kier alpha value is -1.35. The van der Waals surface area contributed by atoms with Gasteiger partial charge in [-0.25, -0.2) is 0 Å². The zero-order chi connectivity index (χ0) is 11.5. The Morgan fingerprint density at radius 2 is 2.19 bits per heavy atom. The van der Waals surface area contributed by atoms with Gasteiger partial charge in [0.05, 0.1) is 0 Å². The molecular formula is C13H18N2O. The van der Waals surface area contributed by atoms with Crippen LogP contribution in [0.25, 0.3) is 0 Å². The van der Waals surface area contributed by atoms with Gasteiger partial charge in [0.15, 0.2) is 0 Å². The van der Waals surface area contributed by atoms with Crippen molar-refractivity contribution >= 4 is 5.91 Å². The third-order valence-electron chi connectivity index (χ3n) is 3.02. The zero-order valence-corrected chi connectivity index (χ0v) is 9.57. The predicted octanol–water partition coefficient (Wildman–Crippen LogP) is 1.70. The van der Waals surface area contributed by atoms with E-state index in [1.54, 1.807) is 0 Å². The van der Waals surface area contributed by atoms with Crippen LogP contribution in [0, 0.1) is 0 Å². The summed E-state index contributed by atoms with van der Waals surface area (Å²) in [6.07, 6.45) is 2.46. The van der Waals surface area contributed by atoms with Gasteiger partial charge in [-0.15, -0.1) is 0 Å². The summed E-state index contributed by atoms with van der Waals surface area (Å²) in [5.41, 5.74) is 7.78. The number of primary amides is 1. The van der Waals surface area contributed by atoms with Crippen molar-refractivity contribution in [2.45, 2.75) is 31.7 Å². The summed E-state index contributed by atoms with van der Waals surface area (Å²) in [6, 6.07) is 7.77. The van der Waals surface area contributed by atoms with Crippen LogP contribution in [0.2, 0.25) is 0 Å². The molecule has 2 rings (SSSR count). The standard InChI is InChI=1S/C13H18N2O/c1-2-15-12(13(14)16)11-6-4-3-5-10(11)9-7-8-9/h3-6,9,12,15H,2,7-8H2,1H3,(H2,14,16). The van der Waals surface area contributed by atoms with E-state index < -0.39 is 0 Å². The maximum atomic E-state index is 11.4. The van der Waals surface area contributed by atoms with E-state index in [0.717, 1.165) is 12.1 Å². The molecule has 1 fully saturated rings. The molecule has 0 aromatic heterocycles. The minimum atomic E-state index is -0.346. The van der Waals surface area contributed by atoms with Gasteiger partial charge in [-0.1, -0.05) is 31.2 Å². The number of hydrogen-bond donors (Lipinski definition) is 2. The van der Waals surface area contributed by atoms with Crippen LogP contribution in [0.4, 0.5) is 0 Å². The first-order valence-corrected chi connectivity index (χ1v) is 5.85. The van der Waals surface area contributed by atoms with Crippen LogP contribution in [0.3, 0.4) is 0 Å². The van der Waals surface area contributed by atoms with Crippen LogP contribution < -0.4 is 11.1 Å². The molecule has 3 nitrogen and oxygen atoms in total. The largest absolute Gasteiger partial charge is 0.368 e. The predicted molar refractivity (Wildman–Crippen MR) is 64.0 cm³/mol. The Labute approximate surface area is 96.0 Å². The first kappa shape index (κ1) is 11.1. The average molecular weight is 218 g/mol. The third kappa shape index (κ3) is 2.25. The maximum Gasteiger partial charge on any atom is 0.239 e. The number of carbonyl (C=O) groups excluding carboxylic acids is 1. The molecule has 1 aromatic carbocycles. The maximum absolute atomic E-state index is 11.4. The molecule has 1 aliphatic rings. The van der Waals surface area contributed by atoms with E-state index in [2.05, 4.69) is 11.4 Å². The molecule has 3 N–H and O–H groups in total. The molecule has 16 heavy (non-hydrogen) atoms. The number of nitrogens with one attached hydrogen (secondary N) is 1. The summed E-state index contributed by atoms with van der Waals surface area (Å²) in [4.78, 5) is 11.4. The van der Waals surface area contributed by atoms with Gasteiger partial charge >= 0.3 is 0 Å². The van der Waals surface area contributed by atoms with Crippen LogP contribution >= 0.6 is 0 Å². The van der Waals surface area contributed by atoms with E-state index in [-0.39, 0.29) is 11.9 Å². The number of nitrogens with two attached hydrogens (primary N) is 1. The highest BCUT2D eigenvalue weighted by Gasteiger charge is 2.29. The smallest absolute Gasteiger partial charge is 0.239 e. The monoisotopic (exact) mass is 218 g/mol. The Morgan fingerprint density at radius 1 is 1.50 bits per heavy atom. The summed E-state index contributed by atoms with van der Waals surface area (Å²) in [5, 5.41) is 3.15. The summed E-state index contributed by atoms with van der Waals surface area (Å²) in [7, 11) is 0. The van der Waals surface area contributed by atoms with E-state index in [4.69, 9.17) is 5.73 Å². The summed E-state index contributed by atoms with van der Waals surface area (Å²) in [6.45, 7) is 2.72. The second-order valence-corrected chi connectivity index (χ2v) is 4.30. The Balaban J connectivity index is 2.32. The highest BCUT2D eigenvalue weighted by Crippen LogP contribution is 2.42. The van der Waals surface area contributed by atoms with Crippen molar-refractivity contribution in [3.05, 3.63) is 35.4 Å². The fourth-order valence-electron chi connectivity index (χ4n) is 2.11. The lowest BCUT2D eigenvalue weighted by atomic mass is 9.96. The van der Waals surface area contributed by atoms with E-state index in [1.807, 2.05) is 25.1 Å². The number of hydrogen-bond acceptors (Lipinski definition) is 2. The Morgan fingerprint density at radius 3 is 2.75 bits per heavy atom. The molecule has 0 saturated heterocycles. The highest BCUT2D eigenvalue weighted by atomic mass is 16.1. The van der Waals surface area contributed by atoms with Crippen LogP contribution in [-0.2, 0) is 4.79 Å². The van der Waals surface area contributed by atoms with E-state index >= 15 is 0 Å². The molecule has 86 valence electrons. The normalized spacial score (nSPS) is 17.1. The number of carbonyl (C=O) groups is 1. The Kier molecular flexibility index (Phi) is 3.25. The number of likely N-dealkylation sites (N-methyl/N-ethyl adjacent to an activating group) is 1. The van der Waals surface area contributed by atoms with Crippen LogP contribution in [-0.4, -0.2) is 12.5 Å². The van der Waals surface area contributed by atoms with Crippen LogP contribution in [0.5, 0.6) is 0 Å². The molecule has 3 heteroatoms. The fraction of sp³-hybridized carbons (Fsp3) is 0.462. The van der Waals surface area contributed by atoms with Crippen LogP contribution in [0.1, 0.15) is 42.9 Å². The first-order chi connectivity index (χ1) is 7.74. The van der Waals surface area contributed by atoms with Gasteiger partial charge in [0.2, 0.25) is 5.91 Å². The van der Waals surface area contributed by atoms with Crippen molar-refractivity contribution in [2.24, 2.45) is 5.73 Å². The van der Waals surface area contributed by atoms with Gasteiger partial charge in [-0.2, -0.15) is 0 Å². The van der Waals surface area contributed by atoms with Crippen molar-refractivity contribution in [3.8, 4) is 0 Å². The lowest BCUT2D eigenvalue weighted by molar-refractivity contribution is -0.120. The molecule has 0 heterocycles. The minimum Gasteiger partial charge on any atom is -0.368 e. The average Bonchev–Trinajstić information content (AvgIpc) is 3.09. The summed E-state index contributed by atoms with van der Waals surface area (Å²) < 4.78 is 0. The van der Waals surface area contributed by atoms with Crippen molar-refractivity contribution in [1.82, 2.24) is 5.32 Å². The molecule has 0 aliphatic heterocycles. The van der Waals surface area contributed by atoms with Gasteiger partial charge in [-0.3, -0.25) is 4.79 Å². The summed E-state index contributed by atoms with van der Waals surface area (Å²) >= 11 is 0. The van der Waals surface area contributed by atoms with Crippen molar-refractivity contribution < 1.29 is 4.79 Å². The molecule has 1 amide bonds. The molecule has 1 atom stereocenters. The second-order valence-electron chi connectivity index (χ2n) is 4.30. The number of benzene rings is 1. The van der Waals surface area contributed by atoms with Gasteiger partial charge in [0, 0.05) is 0 Å². The van der Waals surface area contributed by atoms with Crippen molar-refractivity contribution in [2.75, 3.05) is 6.54 Å². The lowest BCUT2D eigenvalue weighted by Gasteiger charge is -2.18. The van der Waals surface area contributed by atoms with Crippen LogP contribution in [0.15, 0.2) is 24.3 Å². The second kappa shape index (κ2) is 4.66.